The Hall–Kier alpha value is -2.56. The fraction of sp³-hybridized carbons (Fsp3) is 0.429. The smallest absolute Gasteiger partial charge is 0.252 e. The van der Waals surface area contributed by atoms with E-state index < -0.39 is 0 Å². The summed E-state index contributed by atoms with van der Waals surface area (Å²) in [6.45, 7) is 3.92. The number of carbonyl (C=O) groups is 1. The van der Waals surface area contributed by atoms with Crippen LogP contribution in [0.5, 0.6) is 5.75 Å². The van der Waals surface area contributed by atoms with E-state index >= 15 is 0 Å². The summed E-state index contributed by atoms with van der Waals surface area (Å²) in [5.74, 6) is 1.76. The highest BCUT2D eigenvalue weighted by molar-refractivity contribution is 5.94. The van der Waals surface area contributed by atoms with Crippen molar-refractivity contribution >= 4 is 11.7 Å². The van der Waals surface area contributed by atoms with Gasteiger partial charge in [-0.3, -0.25) is 4.79 Å². The van der Waals surface area contributed by atoms with E-state index in [0.29, 0.717) is 18.2 Å². The molecule has 1 atom stereocenters. The lowest BCUT2D eigenvalue weighted by molar-refractivity contribution is 0.0953. The summed E-state index contributed by atoms with van der Waals surface area (Å²) in [5, 5.41) is 2.97. The number of rotatable bonds is 7. The maximum atomic E-state index is 12.3. The number of ether oxygens (including phenoxy) is 1. The molecule has 5 heteroatoms. The van der Waals surface area contributed by atoms with Gasteiger partial charge in [0.05, 0.1) is 12.7 Å². The summed E-state index contributed by atoms with van der Waals surface area (Å²) in [6, 6.07) is 12.4. The number of carbonyl (C=O) groups excluding carboxylic acids is 1. The maximum Gasteiger partial charge on any atom is 0.252 e. The zero-order chi connectivity index (χ0) is 18.4. The molecule has 0 saturated carbocycles. The van der Waals surface area contributed by atoms with E-state index in [2.05, 4.69) is 34.3 Å². The molecule has 1 aromatic heterocycles. The predicted octanol–water partition coefficient (Wildman–Crippen LogP) is 3.44. The van der Waals surface area contributed by atoms with Crippen molar-refractivity contribution in [3.8, 4) is 5.75 Å². The zero-order valence-electron chi connectivity index (χ0n) is 15.6. The molecular weight excluding hydrogens is 326 g/mol. The molecule has 0 bridgehead atoms. The maximum absolute atomic E-state index is 12.3. The van der Waals surface area contributed by atoms with Crippen LogP contribution in [0.4, 0.5) is 5.82 Å². The second-order valence-electron chi connectivity index (χ2n) is 6.80. The standard InChI is InChI=1S/C21H27N3O2/c1-16-5-4-14-24(16)20-12-9-18(15-23-20)21(25)22-13-3-6-17-7-10-19(26-2)11-8-17/h7-12,15-16H,3-6,13-14H2,1-2H3,(H,22,25)/t16-/m1/s1. The summed E-state index contributed by atoms with van der Waals surface area (Å²) < 4.78 is 5.16. The molecule has 138 valence electrons. The predicted molar refractivity (Wildman–Crippen MR) is 104 cm³/mol. The molecule has 5 nitrogen and oxygen atoms in total. The van der Waals surface area contributed by atoms with Crippen molar-refractivity contribution in [1.29, 1.82) is 0 Å². The summed E-state index contributed by atoms with van der Waals surface area (Å²) in [4.78, 5) is 19.0. The second-order valence-corrected chi connectivity index (χ2v) is 6.80. The van der Waals surface area contributed by atoms with Gasteiger partial charge in [0.2, 0.25) is 0 Å². The fourth-order valence-electron chi connectivity index (χ4n) is 3.35. The highest BCUT2D eigenvalue weighted by atomic mass is 16.5. The number of amides is 1. The largest absolute Gasteiger partial charge is 0.497 e. The SMILES string of the molecule is COc1ccc(CCCNC(=O)c2ccc(N3CCC[C@H]3C)nc2)cc1. The van der Waals surface area contributed by atoms with E-state index in [1.54, 1.807) is 13.3 Å². The number of hydrogen-bond acceptors (Lipinski definition) is 4. The minimum Gasteiger partial charge on any atom is -0.497 e. The van der Waals surface area contributed by atoms with Gasteiger partial charge in [-0.05, 0) is 62.4 Å². The van der Waals surface area contributed by atoms with E-state index in [0.717, 1.165) is 31.0 Å². The molecule has 1 aromatic carbocycles. The van der Waals surface area contributed by atoms with Crippen LogP contribution in [0.3, 0.4) is 0 Å². The van der Waals surface area contributed by atoms with Gasteiger partial charge in [-0.1, -0.05) is 12.1 Å². The van der Waals surface area contributed by atoms with Crippen LogP contribution in [-0.4, -0.2) is 37.1 Å². The molecule has 1 N–H and O–H groups in total. The lowest BCUT2D eigenvalue weighted by Gasteiger charge is -2.22. The summed E-state index contributed by atoms with van der Waals surface area (Å²) in [5.41, 5.74) is 1.86. The van der Waals surface area contributed by atoms with Crippen molar-refractivity contribution in [3.63, 3.8) is 0 Å². The van der Waals surface area contributed by atoms with Gasteiger partial charge in [-0.25, -0.2) is 4.98 Å². The molecule has 1 amide bonds. The molecule has 26 heavy (non-hydrogen) atoms. The first kappa shape index (κ1) is 18.2. The minimum absolute atomic E-state index is 0.0618. The molecule has 1 fully saturated rings. The summed E-state index contributed by atoms with van der Waals surface area (Å²) in [7, 11) is 1.66. The number of methoxy groups -OCH3 is 1. The second kappa shape index (κ2) is 8.70. The van der Waals surface area contributed by atoms with Crippen LogP contribution in [0, 0.1) is 0 Å². The summed E-state index contributed by atoms with van der Waals surface area (Å²) in [6.07, 6.45) is 5.92. The molecule has 2 aromatic rings. The van der Waals surface area contributed by atoms with Crippen molar-refractivity contribution in [2.75, 3.05) is 25.1 Å². The van der Waals surface area contributed by atoms with Crippen LogP contribution in [0.25, 0.3) is 0 Å². The normalized spacial score (nSPS) is 16.5. The number of nitrogens with zero attached hydrogens (tertiary/aromatic N) is 2. The van der Waals surface area contributed by atoms with Crippen molar-refractivity contribution in [3.05, 3.63) is 53.7 Å². The van der Waals surface area contributed by atoms with Crippen molar-refractivity contribution in [2.24, 2.45) is 0 Å². The Morgan fingerprint density at radius 1 is 1.27 bits per heavy atom. The molecule has 0 radical (unpaired) electrons. The number of nitrogens with one attached hydrogen (secondary N) is 1. The number of aromatic nitrogens is 1. The van der Waals surface area contributed by atoms with E-state index in [9.17, 15) is 4.79 Å². The number of benzene rings is 1. The van der Waals surface area contributed by atoms with Gasteiger partial charge in [-0.2, -0.15) is 0 Å². The number of anilines is 1. The van der Waals surface area contributed by atoms with Crippen LogP contribution < -0.4 is 15.0 Å². The van der Waals surface area contributed by atoms with Crippen LogP contribution in [0.2, 0.25) is 0 Å². The number of pyridine rings is 1. The molecule has 3 rings (SSSR count). The Morgan fingerprint density at radius 2 is 2.08 bits per heavy atom. The first-order valence-corrected chi connectivity index (χ1v) is 9.31. The minimum atomic E-state index is -0.0618. The Morgan fingerprint density at radius 3 is 2.69 bits per heavy atom. The third-order valence-electron chi connectivity index (χ3n) is 4.94. The monoisotopic (exact) mass is 353 g/mol. The lowest BCUT2D eigenvalue weighted by Crippen LogP contribution is -2.28. The number of hydrogen-bond donors (Lipinski definition) is 1. The highest BCUT2D eigenvalue weighted by Crippen LogP contribution is 2.23. The van der Waals surface area contributed by atoms with E-state index in [-0.39, 0.29) is 5.91 Å². The molecule has 0 aliphatic carbocycles. The molecule has 0 spiro atoms. The van der Waals surface area contributed by atoms with Crippen molar-refractivity contribution in [2.45, 2.75) is 38.6 Å². The van der Waals surface area contributed by atoms with Gasteiger partial charge in [0.1, 0.15) is 11.6 Å². The van der Waals surface area contributed by atoms with Gasteiger partial charge in [-0.15, -0.1) is 0 Å². The van der Waals surface area contributed by atoms with Gasteiger partial charge in [0, 0.05) is 25.3 Å². The Balaban J connectivity index is 1.44. The lowest BCUT2D eigenvalue weighted by atomic mass is 10.1. The first-order chi connectivity index (χ1) is 12.7. The topological polar surface area (TPSA) is 54.5 Å². The average Bonchev–Trinajstić information content (AvgIpc) is 3.11. The Kier molecular flexibility index (Phi) is 6.10. The third-order valence-corrected chi connectivity index (χ3v) is 4.94. The summed E-state index contributed by atoms with van der Waals surface area (Å²) >= 11 is 0. The van der Waals surface area contributed by atoms with E-state index in [4.69, 9.17) is 4.74 Å². The quantitative estimate of drug-likeness (QED) is 0.775. The zero-order valence-corrected chi connectivity index (χ0v) is 15.6. The van der Waals surface area contributed by atoms with Crippen LogP contribution >= 0.6 is 0 Å². The molecule has 1 aliphatic rings. The van der Waals surface area contributed by atoms with Gasteiger partial charge >= 0.3 is 0 Å². The van der Waals surface area contributed by atoms with Gasteiger partial charge in [0.15, 0.2) is 0 Å². The Bertz CT molecular complexity index is 713. The molecule has 1 aliphatic heterocycles. The van der Waals surface area contributed by atoms with Crippen LogP contribution in [0.1, 0.15) is 42.1 Å². The molecule has 2 heterocycles. The van der Waals surface area contributed by atoms with Crippen molar-refractivity contribution in [1.82, 2.24) is 10.3 Å². The van der Waals surface area contributed by atoms with Gasteiger partial charge in [0.25, 0.3) is 5.91 Å². The molecule has 0 unspecified atom stereocenters. The average molecular weight is 353 g/mol. The third kappa shape index (κ3) is 4.54. The molecular formula is C21H27N3O2. The van der Waals surface area contributed by atoms with Crippen LogP contribution in [0.15, 0.2) is 42.6 Å². The van der Waals surface area contributed by atoms with Crippen molar-refractivity contribution < 1.29 is 9.53 Å². The highest BCUT2D eigenvalue weighted by Gasteiger charge is 2.21. The van der Waals surface area contributed by atoms with E-state index in [1.165, 1.54) is 18.4 Å². The fourth-order valence-corrected chi connectivity index (χ4v) is 3.35. The van der Waals surface area contributed by atoms with E-state index in [1.807, 2.05) is 24.3 Å². The first-order valence-electron chi connectivity index (χ1n) is 9.31. The Labute approximate surface area is 155 Å². The van der Waals surface area contributed by atoms with Crippen LogP contribution in [-0.2, 0) is 6.42 Å². The van der Waals surface area contributed by atoms with Gasteiger partial charge < -0.3 is 15.0 Å². The number of aryl methyl sites for hydroxylation is 1. The molecule has 1 saturated heterocycles.